The van der Waals surface area contributed by atoms with Gasteiger partial charge in [-0.25, -0.2) is 4.39 Å². The first-order valence-corrected chi connectivity index (χ1v) is 14.4. The highest BCUT2D eigenvalue weighted by Gasteiger charge is 2.46. The number of halogens is 1. The van der Waals surface area contributed by atoms with E-state index in [2.05, 4.69) is 20.9 Å². The van der Waals surface area contributed by atoms with E-state index in [1.54, 1.807) is 18.9 Å². The number of piperazine rings is 1. The molecule has 2 aliphatic carbocycles. The number of rotatable bonds is 7. The van der Waals surface area contributed by atoms with Gasteiger partial charge >= 0.3 is 0 Å². The molecule has 2 saturated heterocycles. The van der Waals surface area contributed by atoms with Crippen LogP contribution in [0.3, 0.4) is 0 Å². The van der Waals surface area contributed by atoms with Crippen LogP contribution in [0.5, 0.6) is 0 Å². The minimum absolute atomic E-state index is 0.0477. The molecule has 0 aromatic heterocycles. The van der Waals surface area contributed by atoms with Gasteiger partial charge in [0.15, 0.2) is 0 Å². The number of fused-ring (bicyclic) bond motifs is 2. The first kappa shape index (κ1) is 27.1. The number of hydrogen-bond donors (Lipinski definition) is 3. The van der Waals surface area contributed by atoms with Crippen molar-refractivity contribution in [1.82, 2.24) is 25.8 Å². The number of nitrogens with zero attached hydrogens (tertiary/aromatic N) is 2. The van der Waals surface area contributed by atoms with Gasteiger partial charge in [0.2, 0.25) is 17.7 Å². The fourth-order valence-corrected chi connectivity index (χ4v) is 6.89. The molecule has 1 aromatic rings. The number of carbonyl (C=O) groups excluding carboxylic acids is 3. The third-order valence-corrected chi connectivity index (χ3v) is 9.25. The number of amides is 3. The van der Waals surface area contributed by atoms with Gasteiger partial charge in [0.25, 0.3) is 0 Å². The minimum Gasteiger partial charge on any atom is -0.344 e. The van der Waals surface area contributed by atoms with Crippen LogP contribution in [0.4, 0.5) is 4.39 Å². The molecule has 1 saturated carbocycles. The van der Waals surface area contributed by atoms with E-state index in [0.717, 1.165) is 62.6 Å². The molecule has 2 heterocycles. The van der Waals surface area contributed by atoms with E-state index < -0.39 is 30.3 Å². The number of nitrogens with one attached hydrogen (secondary N) is 3. The van der Waals surface area contributed by atoms with Crippen molar-refractivity contribution in [2.75, 3.05) is 26.7 Å². The molecule has 9 heteroatoms. The van der Waals surface area contributed by atoms with Crippen molar-refractivity contribution in [2.24, 2.45) is 5.92 Å². The fraction of sp³-hybridized carbons (Fsp3) is 0.690. The lowest BCUT2D eigenvalue weighted by Crippen LogP contribution is -2.66. The molecule has 5 rings (SSSR count). The lowest BCUT2D eigenvalue weighted by Gasteiger charge is -2.45. The second-order valence-corrected chi connectivity index (χ2v) is 11.6. The van der Waals surface area contributed by atoms with E-state index in [4.69, 9.17) is 0 Å². The Morgan fingerprint density at radius 1 is 1.03 bits per heavy atom. The molecule has 0 radical (unpaired) electrons. The molecule has 208 valence electrons. The number of carbonyl (C=O) groups is 3. The van der Waals surface area contributed by atoms with Crippen molar-refractivity contribution in [3.63, 3.8) is 0 Å². The van der Waals surface area contributed by atoms with Gasteiger partial charge in [0.05, 0.1) is 12.1 Å². The first-order chi connectivity index (χ1) is 18.4. The summed E-state index contributed by atoms with van der Waals surface area (Å²) in [6, 6.07) is 5.22. The molecule has 2 aliphatic heterocycles. The Bertz CT molecular complexity index is 1030. The van der Waals surface area contributed by atoms with Crippen LogP contribution in [-0.4, -0.2) is 84.5 Å². The maximum Gasteiger partial charge on any atom is 0.246 e. The Morgan fingerprint density at radius 3 is 2.55 bits per heavy atom. The standard InChI is InChI=1S/C29H42FN5O3/c1-18(31-2)27(36)32-25(19-9-4-3-5-10-19)29(38)35-16-21-12-8-14-34(21)17-24(35)28(37)33-26-22-13-7-6-11-20(22)15-23(26)30/h6-7,11,13,18-19,21,23-26,31H,3-5,8-10,12,14-17H2,1-2H3,(H,32,36)(H,33,37). The average Bonchev–Trinajstić information content (AvgIpc) is 3.53. The summed E-state index contributed by atoms with van der Waals surface area (Å²) >= 11 is 0. The van der Waals surface area contributed by atoms with Crippen LogP contribution in [0, 0.1) is 5.92 Å². The van der Waals surface area contributed by atoms with Crippen LogP contribution >= 0.6 is 0 Å². The Morgan fingerprint density at radius 2 is 1.79 bits per heavy atom. The van der Waals surface area contributed by atoms with E-state index in [-0.39, 0.29) is 36.1 Å². The highest BCUT2D eigenvalue weighted by molar-refractivity contribution is 5.93. The topological polar surface area (TPSA) is 93.8 Å². The maximum absolute atomic E-state index is 15.0. The molecule has 0 bridgehead atoms. The predicted octanol–water partition coefficient (Wildman–Crippen LogP) is 2.09. The number of alkyl halides is 1. The summed E-state index contributed by atoms with van der Waals surface area (Å²) < 4.78 is 15.0. The lowest BCUT2D eigenvalue weighted by molar-refractivity contribution is -0.149. The lowest BCUT2D eigenvalue weighted by atomic mass is 9.82. The molecule has 3 fully saturated rings. The zero-order valence-corrected chi connectivity index (χ0v) is 22.6. The average molecular weight is 528 g/mol. The third-order valence-electron chi connectivity index (χ3n) is 9.25. The molecule has 3 amide bonds. The van der Waals surface area contributed by atoms with E-state index in [9.17, 15) is 14.4 Å². The summed E-state index contributed by atoms with van der Waals surface area (Å²) in [4.78, 5) is 45.0. The smallest absolute Gasteiger partial charge is 0.246 e. The van der Waals surface area contributed by atoms with E-state index in [0.29, 0.717) is 13.1 Å². The van der Waals surface area contributed by atoms with Crippen LogP contribution < -0.4 is 16.0 Å². The van der Waals surface area contributed by atoms with Crippen molar-refractivity contribution in [1.29, 1.82) is 0 Å². The summed E-state index contributed by atoms with van der Waals surface area (Å²) in [5.74, 6) is -0.652. The van der Waals surface area contributed by atoms with Gasteiger partial charge in [0.1, 0.15) is 18.3 Å². The monoisotopic (exact) mass is 527 g/mol. The van der Waals surface area contributed by atoms with Crippen molar-refractivity contribution in [3.05, 3.63) is 35.4 Å². The number of hydrogen-bond acceptors (Lipinski definition) is 5. The summed E-state index contributed by atoms with van der Waals surface area (Å²) in [5.41, 5.74) is 1.73. The van der Waals surface area contributed by atoms with Gasteiger partial charge in [0, 0.05) is 25.6 Å². The Kier molecular flexibility index (Phi) is 8.33. The predicted molar refractivity (Wildman–Crippen MR) is 143 cm³/mol. The van der Waals surface area contributed by atoms with Crippen molar-refractivity contribution < 1.29 is 18.8 Å². The molecule has 8 nitrogen and oxygen atoms in total. The molecule has 6 unspecified atom stereocenters. The number of likely N-dealkylation sites (N-methyl/N-ethyl adjacent to an activating group) is 1. The highest BCUT2D eigenvalue weighted by Crippen LogP contribution is 2.35. The molecule has 6 atom stereocenters. The molecule has 1 aromatic carbocycles. The van der Waals surface area contributed by atoms with Crippen LogP contribution in [0.25, 0.3) is 0 Å². The largest absolute Gasteiger partial charge is 0.344 e. The molecule has 3 N–H and O–H groups in total. The van der Waals surface area contributed by atoms with Crippen LogP contribution in [0.1, 0.15) is 69.0 Å². The zero-order valence-electron chi connectivity index (χ0n) is 22.6. The first-order valence-electron chi connectivity index (χ1n) is 14.4. The van der Waals surface area contributed by atoms with Gasteiger partial charge in [-0.1, -0.05) is 43.5 Å². The zero-order chi connectivity index (χ0) is 26.8. The van der Waals surface area contributed by atoms with Gasteiger partial charge < -0.3 is 20.9 Å². The van der Waals surface area contributed by atoms with Crippen molar-refractivity contribution in [3.8, 4) is 0 Å². The summed E-state index contributed by atoms with van der Waals surface area (Å²) in [5, 5.41) is 8.98. The number of benzene rings is 1. The highest BCUT2D eigenvalue weighted by atomic mass is 19.1. The van der Waals surface area contributed by atoms with Crippen LogP contribution in [0.2, 0.25) is 0 Å². The van der Waals surface area contributed by atoms with Crippen LogP contribution in [-0.2, 0) is 20.8 Å². The molecular weight excluding hydrogens is 485 g/mol. The fourth-order valence-electron chi connectivity index (χ4n) is 6.89. The SMILES string of the molecule is CNC(C)C(=O)NC(C(=O)N1CC2CCCN2CC1C(=O)NC1c2ccccc2CC1F)C1CCCCC1. The maximum atomic E-state index is 15.0. The Hall–Kier alpha value is -2.52. The van der Waals surface area contributed by atoms with Crippen molar-refractivity contribution in [2.45, 2.75) is 94.7 Å². The summed E-state index contributed by atoms with van der Waals surface area (Å²) in [6.07, 6.45) is 6.07. The van der Waals surface area contributed by atoms with E-state index in [1.165, 1.54) is 0 Å². The van der Waals surface area contributed by atoms with E-state index in [1.807, 2.05) is 24.3 Å². The van der Waals surface area contributed by atoms with Gasteiger partial charge in [-0.2, -0.15) is 0 Å². The van der Waals surface area contributed by atoms with Gasteiger partial charge in [-0.05, 0) is 63.2 Å². The summed E-state index contributed by atoms with van der Waals surface area (Å²) in [7, 11) is 1.72. The molecule has 4 aliphatic rings. The second kappa shape index (κ2) is 11.7. The molecular formula is C29H42FN5O3. The normalized spacial score (nSPS) is 29.3. The minimum atomic E-state index is -1.19. The van der Waals surface area contributed by atoms with Gasteiger partial charge in [-0.15, -0.1) is 0 Å². The Balaban J connectivity index is 1.39. The van der Waals surface area contributed by atoms with E-state index >= 15 is 4.39 Å². The third kappa shape index (κ3) is 5.45. The Labute approximate surface area is 225 Å². The summed E-state index contributed by atoms with van der Waals surface area (Å²) in [6.45, 7) is 3.57. The molecule has 0 spiro atoms. The van der Waals surface area contributed by atoms with Crippen molar-refractivity contribution >= 4 is 17.7 Å². The van der Waals surface area contributed by atoms with Crippen LogP contribution in [0.15, 0.2) is 24.3 Å². The molecule has 38 heavy (non-hydrogen) atoms. The van der Waals surface area contributed by atoms with Gasteiger partial charge in [-0.3, -0.25) is 19.3 Å². The quantitative estimate of drug-likeness (QED) is 0.505. The second-order valence-electron chi connectivity index (χ2n) is 11.6.